The molecule has 2 amide bonds. The van der Waals surface area contributed by atoms with Crippen LogP contribution in [0.3, 0.4) is 0 Å². The van der Waals surface area contributed by atoms with Crippen molar-refractivity contribution in [1.82, 2.24) is 15.6 Å². The summed E-state index contributed by atoms with van der Waals surface area (Å²) >= 11 is 0. The summed E-state index contributed by atoms with van der Waals surface area (Å²) in [6.45, 7) is 0.593. The number of hydrogen-bond donors (Lipinski definition) is 3. The average Bonchev–Trinajstić information content (AvgIpc) is 3.36. The molecule has 0 saturated carbocycles. The van der Waals surface area contributed by atoms with E-state index in [1.807, 2.05) is 72.9 Å². The van der Waals surface area contributed by atoms with Gasteiger partial charge in [0.2, 0.25) is 11.8 Å². The first kappa shape index (κ1) is 25.6. The summed E-state index contributed by atoms with van der Waals surface area (Å²) in [6.07, 6.45) is 5.35. The summed E-state index contributed by atoms with van der Waals surface area (Å²) in [5.41, 5.74) is 3.90. The van der Waals surface area contributed by atoms with Gasteiger partial charge in [0.05, 0.1) is 14.2 Å². The molecule has 1 heterocycles. The van der Waals surface area contributed by atoms with Crippen LogP contribution in [0.15, 0.2) is 85.1 Å². The van der Waals surface area contributed by atoms with Crippen LogP contribution < -0.4 is 20.1 Å². The number of amides is 2. The van der Waals surface area contributed by atoms with Crippen LogP contribution in [0, 0.1) is 0 Å². The van der Waals surface area contributed by atoms with Gasteiger partial charge in [-0.1, -0.05) is 60.7 Å². The quantitative estimate of drug-likeness (QED) is 0.263. The molecule has 0 aliphatic rings. The Morgan fingerprint density at radius 1 is 0.892 bits per heavy atom. The SMILES string of the molecule is COc1cccc(C(CNC(=O)CCNC(=O)/C=C/c2ccccc2)c2c[nH]c3ccccc23)c1OC. The second-order valence-corrected chi connectivity index (χ2v) is 8.51. The van der Waals surface area contributed by atoms with E-state index in [-0.39, 0.29) is 30.7 Å². The predicted molar refractivity (Wildman–Crippen MR) is 146 cm³/mol. The molecular formula is C30H31N3O4. The molecule has 3 aromatic carbocycles. The third-order valence-corrected chi connectivity index (χ3v) is 6.19. The van der Waals surface area contributed by atoms with E-state index in [0.717, 1.165) is 27.6 Å². The van der Waals surface area contributed by atoms with Gasteiger partial charge in [-0.05, 0) is 29.3 Å². The van der Waals surface area contributed by atoms with Crippen molar-refractivity contribution in [2.45, 2.75) is 12.3 Å². The number of aromatic nitrogens is 1. The molecule has 3 N–H and O–H groups in total. The maximum atomic E-state index is 12.7. The van der Waals surface area contributed by atoms with Gasteiger partial charge in [0, 0.05) is 54.2 Å². The highest BCUT2D eigenvalue weighted by molar-refractivity contribution is 5.92. The number of hydrogen-bond acceptors (Lipinski definition) is 4. The Kier molecular flexibility index (Phi) is 8.60. The average molecular weight is 498 g/mol. The lowest BCUT2D eigenvalue weighted by atomic mass is 9.89. The lowest BCUT2D eigenvalue weighted by Crippen LogP contribution is -2.32. The molecule has 1 aromatic heterocycles. The molecule has 0 saturated heterocycles. The van der Waals surface area contributed by atoms with Crippen molar-refractivity contribution >= 4 is 28.8 Å². The van der Waals surface area contributed by atoms with E-state index >= 15 is 0 Å². The minimum Gasteiger partial charge on any atom is -0.493 e. The zero-order chi connectivity index (χ0) is 26.0. The van der Waals surface area contributed by atoms with Crippen LogP contribution in [0.2, 0.25) is 0 Å². The van der Waals surface area contributed by atoms with E-state index in [1.54, 1.807) is 20.3 Å². The first-order chi connectivity index (χ1) is 18.1. The number of para-hydroxylation sites is 2. The van der Waals surface area contributed by atoms with Crippen molar-refractivity contribution in [1.29, 1.82) is 0 Å². The molecule has 4 rings (SSSR count). The molecule has 4 aromatic rings. The van der Waals surface area contributed by atoms with E-state index in [1.165, 1.54) is 6.08 Å². The Morgan fingerprint density at radius 3 is 2.46 bits per heavy atom. The van der Waals surface area contributed by atoms with Gasteiger partial charge in [-0.15, -0.1) is 0 Å². The monoisotopic (exact) mass is 497 g/mol. The fraction of sp³-hybridized carbons (Fsp3) is 0.200. The molecule has 190 valence electrons. The number of benzene rings is 3. The van der Waals surface area contributed by atoms with Crippen LogP contribution in [-0.2, 0) is 9.59 Å². The molecule has 37 heavy (non-hydrogen) atoms. The minimum atomic E-state index is -0.241. The molecule has 0 aliphatic carbocycles. The largest absolute Gasteiger partial charge is 0.493 e. The second-order valence-electron chi connectivity index (χ2n) is 8.51. The normalized spacial score (nSPS) is 11.8. The highest BCUT2D eigenvalue weighted by atomic mass is 16.5. The number of nitrogens with one attached hydrogen (secondary N) is 3. The topological polar surface area (TPSA) is 92.5 Å². The van der Waals surface area contributed by atoms with Gasteiger partial charge in [0.25, 0.3) is 0 Å². The van der Waals surface area contributed by atoms with Crippen molar-refractivity contribution < 1.29 is 19.1 Å². The van der Waals surface area contributed by atoms with Gasteiger partial charge in [-0.25, -0.2) is 0 Å². The van der Waals surface area contributed by atoms with Crippen LogP contribution in [0.1, 0.15) is 29.0 Å². The maximum Gasteiger partial charge on any atom is 0.244 e. The number of aromatic amines is 1. The molecule has 0 fully saturated rings. The van der Waals surface area contributed by atoms with Gasteiger partial charge >= 0.3 is 0 Å². The van der Waals surface area contributed by atoms with Crippen molar-refractivity contribution in [3.63, 3.8) is 0 Å². The van der Waals surface area contributed by atoms with Crippen molar-refractivity contribution in [3.05, 3.63) is 102 Å². The number of ether oxygens (including phenoxy) is 2. The summed E-state index contributed by atoms with van der Waals surface area (Å²) in [7, 11) is 3.22. The highest BCUT2D eigenvalue weighted by Crippen LogP contribution is 2.40. The number of carbonyl (C=O) groups is 2. The summed E-state index contributed by atoms with van der Waals surface area (Å²) in [4.78, 5) is 28.1. The fourth-order valence-electron chi connectivity index (χ4n) is 4.35. The van der Waals surface area contributed by atoms with Crippen LogP contribution in [0.4, 0.5) is 0 Å². The summed E-state index contributed by atoms with van der Waals surface area (Å²) < 4.78 is 11.2. The zero-order valence-electron chi connectivity index (χ0n) is 21.0. The third-order valence-electron chi connectivity index (χ3n) is 6.19. The molecule has 1 atom stereocenters. The summed E-state index contributed by atoms with van der Waals surface area (Å²) in [5, 5.41) is 6.87. The van der Waals surface area contributed by atoms with E-state index in [0.29, 0.717) is 18.0 Å². The highest BCUT2D eigenvalue weighted by Gasteiger charge is 2.24. The fourth-order valence-corrected chi connectivity index (χ4v) is 4.35. The Balaban J connectivity index is 1.43. The van der Waals surface area contributed by atoms with Gasteiger partial charge in [-0.2, -0.15) is 0 Å². The van der Waals surface area contributed by atoms with Crippen LogP contribution >= 0.6 is 0 Å². The lowest BCUT2D eigenvalue weighted by molar-refractivity contribution is -0.121. The molecular weight excluding hydrogens is 466 g/mol. The Hall–Kier alpha value is -4.52. The Morgan fingerprint density at radius 2 is 1.68 bits per heavy atom. The molecule has 7 nitrogen and oxygen atoms in total. The number of H-pyrrole nitrogens is 1. The van der Waals surface area contributed by atoms with Gasteiger partial charge in [0.15, 0.2) is 11.5 Å². The van der Waals surface area contributed by atoms with Crippen LogP contribution in [-0.4, -0.2) is 44.1 Å². The molecule has 0 spiro atoms. The zero-order valence-corrected chi connectivity index (χ0v) is 21.0. The van der Waals surface area contributed by atoms with E-state index in [4.69, 9.17) is 9.47 Å². The summed E-state index contributed by atoms with van der Waals surface area (Å²) in [5.74, 6) is 0.677. The molecule has 1 unspecified atom stereocenters. The number of fused-ring (bicyclic) bond motifs is 1. The van der Waals surface area contributed by atoms with Crippen molar-refractivity contribution in [2.75, 3.05) is 27.3 Å². The minimum absolute atomic E-state index is 0.154. The first-order valence-corrected chi connectivity index (χ1v) is 12.1. The van der Waals surface area contributed by atoms with Crippen molar-refractivity contribution in [2.24, 2.45) is 0 Å². The standard InChI is InChI=1S/C30H31N3O4/c1-36-27-14-8-12-23(30(27)37-2)25(24-19-32-26-13-7-6-11-22(24)26)20-33-29(35)17-18-31-28(34)16-15-21-9-4-3-5-10-21/h3-16,19,25,32H,17-18,20H2,1-2H3,(H,31,34)(H,33,35)/b16-15+. The Bertz CT molecular complexity index is 1380. The van der Waals surface area contributed by atoms with Crippen LogP contribution in [0.5, 0.6) is 11.5 Å². The van der Waals surface area contributed by atoms with E-state index < -0.39 is 0 Å². The van der Waals surface area contributed by atoms with Gasteiger partial charge in [0.1, 0.15) is 0 Å². The predicted octanol–water partition coefficient (Wildman–Crippen LogP) is 4.65. The Labute approximate surface area is 216 Å². The molecule has 7 heteroatoms. The molecule has 0 radical (unpaired) electrons. The van der Waals surface area contributed by atoms with E-state index in [9.17, 15) is 9.59 Å². The number of methoxy groups -OCH3 is 2. The van der Waals surface area contributed by atoms with Crippen molar-refractivity contribution in [3.8, 4) is 11.5 Å². The number of rotatable bonds is 11. The van der Waals surface area contributed by atoms with Gasteiger partial charge in [-0.3, -0.25) is 9.59 Å². The van der Waals surface area contributed by atoms with Crippen LogP contribution in [0.25, 0.3) is 17.0 Å². The number of carbonyl (C=O) groups excluding carboxylic acids is 2. The molecule has 0 aliphatic heterocycles. The summed E-state index contributed by atoms with van der Waals surface area (Å²) in [6, 6.07) is 23.4. The second kappa shape index (κ2) is 12.4. The first-order valence-electron chi connectivity index (χ1n) is 12.1. The maximum absolute atomic E-state index is 12.7. The third kappa shape index (κ3) is 6.38. The van der Waals surface area contributed by atoms with E-state index in [2.05, 4.69) is 21.7 Å². The van der Waals surface area contributed by atoms with Gasteiger partial charge < -0.3 is 25.1 Å². The lowest BCUT2D eigenvalue weighted by Gasteiger charge is -2.22. The molecule has 0 bridgehead atoms. The smallest absolute Gasteiger partial charge is 0.244 e.